The van der Waals surface area contributed by atoms with Crippen LogP contribution >= 0.6 is 0 Å². The number of aliphatic hydroxyl groups is 1. The number of aryl methyl sites for hydroxylation is 1. The number of furan rings is 1. The Morgan fingerprint density at radius 1 is 1.24 bits per heavy atom. The second-order valence-electron chi connectivity index (χ2n) is 6.55. The molecule has 2 aromatic heterocycles. The molecule has 8 nitrogen and oxygen atoms in total. The normalized spacial score (nSPS) is 17.9. The molecule has 1 fully saturated rings. The van der Waals surface area contributed by atoms with E-state index in [1.807, 2.05) is 30.7 Å². The molecule has 0 aromatic carbocycles. The summed E-state index contributed by atoms with van der Waals surface area (Å²) in [4.78, 5) is 4.65. The van der Waals surface area contributed by atoms with Crippen molar-refractivity contribution in [3.05, 3.63) is 35.8 Å². The van der Waals surface area contributed by atoms with Crippen molar-refractivity contribution >= 4 is 0 Å². The summed E-state index contributed by atoms with van der Waals surface area (Å²) in [6, 6.07) is 3.70. The molecule has 1 saturated heterocycles. The molecule has 0 radical (unpaired) electrons. The van der Waals surface area contributed by atoms with Crippen LogP contribution in [0.3, 0.4) is 0 Å². The van der Waals surface area contributed by atoms with Crippen molar-refractivity contribution in [2.24, 2.45) is 7.05 Å². The maximum atomic E-state index is 10.1. The molecule has 1 aliphatic heterocycles. The van der Waals surface area contributed by atoms with Crippen molar-refractivity contribution in [3.8, 4) is 0 Å². The van der Waals surface area contributed by atoms with Crippen molar-refractivity contribution < 1.29 is 14.3 Å². The summed E-state index contributed by atoms with van der Waals surface area (Å²) in [5, 5.41) is 18.5. The van der Waals surface area contributed by atoms with E-state index >= 15 is 0 Å². The van der Waals surface area contributed by atoms with Gasteiger partial charge in [-0.2, -0.15) is 0 Å². The molecular formula is C17H27N5O3. The molecule has 0 aliphatic carbocycles. The quantitative estimate of drug-likeness (QED) is 0.739. The lowest BCUT2D eigenvalue weighted by molar-refractivity contribution is -0.00327. The van der Waals surface area contributed by atoms with E-state index in [0.717, 1.165) is 50.1 Å². The van der Waals surface area contributed by atoms with Crippen molar-refractivity contribution in [2.45, 2.75) is 26.2 Å². The van der Waals surface area contributed by atoms with Gasteiger partial charge in [0.25, 0.3) is 0 Å². The first-order valence-electron chi connectivity index (χ1n) is 8.69. The van der Waals surface area contributed by atoms with Crippen LogP contribution in [0.1, 0.15) is 17.4 Å². The number of aliphatic hydroxyl groups excluding tert-OH is 1. The first-order valence-corrected chi connectivity index (χ1v) is 8.69. The fraction of sp³-hybridized carbons (Fsp3) is 0.647. The number of rotatable bonds is 8. The topological polar surface area (TPSA) is 79.8 Å². The van der Waals surface area contributed by atoms with Gasteiger partial charge in [-0.3, -0.25) is 9.80 Å². The Bertz CT molecular complexity index is 635. The highest BCUT2D eigenvalue weighted by molar-refractivity contribution is 4.96. The summed E-state index contributed by atoms with van der Waals surface area (Å²) in [5.41, 5.74) is 0. The third-order valence-corrected chi connectivity index (χ3v) is 4.62. The number of piperazine rings is 1. The van der Waals surface area contributed by atoms with Gasteiger partial charge < -0.3 is 18.8 Å². The van der Waals surface area contributed by atoms with Crippen LogP contribution in [0, 0.1) is 6.92 Å². The molecule has 1 unspecified atom stereocenters. The fourth-order valence-electron chi connectivity index (χ4n) is 2.96. The van der Waals surface area contributed by atoms with Crippen LogP contribution in [0.15, 0.2) is 22.8 Å². The summed E-state index contributed by atoms with van der Waals surface area (Å²) in [6.07, 6.45) is 1.14. The number of β-amino-alcohol motifs (C(OH)–C–C–N with tert-alkyl or cyclic N) is 1. The molecule has 1 atom stereocenters. The molecule has 1 aliphatic rings. The van der Waals surface area contributed by atoms with Gasteiger partial charge in [0.2, 0.25) is 0 Å². The minimum absolute atomic E-state index is 0.319. The minimum atomic E-state index is -0.483. The molecule has 1 N–H and O–H groups in total. The monoisotopic (exact) mass is 349 g/mol. The molecule has 2 aromatic rings. The lowest BCUT2D eigenvalue weighted by Gasteiger charge is -2.35. The smallest absolute Gasteiger partial charge is 0.146 e. The van der Waals surface area contributed by atoms with Gasteiger partial charge in [0.1, 0.15) is 24.0 Å². The Morgan fingerprint density at radius 2 is 2.00 bits per heavy atom. The SMILES string of the molecule is Cc1nnc(CN2CCN(CC(O)COCc3ccco3)CC2)n1C. The van der Waals surface area contributed by atoms with E-state index in [4.69, 9.17) is 9.15 Å². The van der Waals surface area contributed by atoms with Gasteiger partial charge >= 0.3 is 0 Å². The third kappa shape index (κ3) is 5.12. The number of hydrogen-bond acceptors (Lipinski definition) is 7. The van der Waals surface area contributed by atoms with Crippen molar-refractivity contribution in [3.63, 3.8) is 0 Å². The van der Waals surface area contributed by atoms with E-state index < -0.39 is 6.10 Å². The largest absolute Gasteiger partial charge is 0.467 e. The fourth-order valence-corrected chi connectivity index (χ4v) is 2.96. The summed E-state index contributed by atoms with van der Waals surface area (Å²) in [5.74, 6) is 2.71. The van der Waals surface area contributed by atoms with E-state index in [-0.39, 0.29) is 0 Å². The Hall–Kier alpha value is -1.74. The van der Waals surface area contributed by atoms with Crippen molar-refractivity contribution in [1.29, 1.82) is 0 Å². The van der Waals surface area contributed by atoms with Crippen LogP contribution in [0.4, 0.5) is 0 Å². The number of nitrogens with zero attached hydrogens (tertiary/aromatic N) is 5. The van der Waals surface area contributed by atoms with Gasteiger partial charge in [0.05, 0.1) is 25.5 Å². The molecule has 0 bridgehead atoms. The second kappa shape index (κ2) is 8.57. The van der Waals surface area contributed by atoms with Gasteiger partial charge in [-0.05, 0) is 19.1 Å². The summed E-state index contributed by atoms with van der Waals surface area (Å²) >= 11 is 0. The van der Waals surface area contributed by atoms with Gasteiger partial charge in [-0.15, -0.1) is 10.2 Å². The van der Waals surface area contributed by atoms with Crippen molar-refractivity contribution in [2.75, 3.05) is 39.3 Å². The van der Waals surface area contributed by atoms with Crippen LogP contribution in [0.2, 0.25) is 0 Å². The first kappa shape index (κ1) is 18.1. The Balaban J connectivity index is 1.33. The van der Waals surface area contributed by atoms with E-state index in [1.165, 1.54) is 0 Å². The summed E-state index contributed by atoms with van der Waals surface area (Å²) in [6.45, 7) is 7.93. The molecule has 0 amide bonds. The van der Waals surface area contributed by atoms with E-state index in [1.54, 1.807) is 6.26 Å². The van der Waals surface area contributed by atoms with E-state index in [9.17, 15) is 5.11 Å². The number of hydrogen-bond donors (Lipinski definition) is 1. The van der Waals surface area contributed by atoms with Crippen LogP contribution in [-0.4, -0.2) is 75.1 Å². The molecular weight excluding hydrogens is 322 g/mol. The van der Waals surface area contributed by atoms with E-state index in [2.05, 4.69) is 20.0 Å². The van der Waals surface area contributed by atoms with Gasteiger partial charge in [0, 0.05) is 39.8 Å². The molecule has 0 saturated carbocycles. The molecule has 138 valence electrons. The lowest BCUT2D eigenvalue weighted by atomic mass is 10.2. The number of ether oxygens (including phenoxy) is 1. The highest BCUT2D eigenvalue weighted by Gasteiger charge is 2.20. The Morgan fingerprint density at radius 3 is 2.64 bits per heavy atom. The van der Waals surface area contributed by atoms with Crippen LogP contribution in [-0.2, 0) is 24.9 Å². The maximum Gasteiger partial charge on any atom is 0.146 e. The standard InChI is InChI=1S/C17H27N5O3/c1-14-18-19-17(20(14)2)11-22-7-5-21(6-8-22)10-15(23)12-24-13-16-4-3-9-25-16/h3-4,9,15,23H,5-8,10-13H2,1-2H3. The average Bonchev–Trinajstić information content (AvgIpc) is 3.22. The van der Waals surface area contributed by atoms with Crippen LogP contribution in [0.5, 0.6) is 0 Å². The van der Waals surface area contributed by atoms with E-state index in [0.29, 0.717) is 19.8 Å². The third-order valence-electron chi connectivity index (χ3n) is 4.62. The highest BCUT2D eigenvalue weighted by atomic mass is 16.5. The Kier molecular flexibility index (Phi) is 6.19. The maximum absolute atomic E-state index is 10.1. The van der Waals surface area contributed by atoms with Crippen molar-refractivity contribution in [1.82, 2.24) is 24.6 Å². The predicted octanol–water partition coefficient (Wildman–Crippen LogP) is 0.412. The average molecular weight is 349 g/mol. The molecule has 0 spiro atoms. The molecule has 8 heteroatoms. The molecule has 3 rings (SSSR count). The Labute approximate surface area is 148 Å². The second-order valence-corrected chi connectivity index (χ2v) is 6.55. The summed E-state index contributed by atoms with van der Waals surface area (Å²) < 4.78 is 12.7. The predicted molar refractivity (Wildman–Crippen MR) is 91.8 cm³/mol. The van der Waals surface area contributed by atoms with Crippen LogP contribution < -0.4 is 0 Å². The van der Waals surface area contributed by atoms with Gasteiger partial charge in [-0.1, -0.05) is 0 Å². The zero-order chi connectivity index (χ0) is 17.6. The van der Waals surface area contributed by atoms with Crippen LogP contribution in [0.25, 0.3) is 0 Å². The summed E-state index contributed by atoms with van der Waals surface area (Å²) in [7, 11) is 2.00. The molecule has 3 heterocycles. The zero-order valence-corrected chi connectivity index (χ0v) is 15.0. The van der Waals surface area contributed by atoms with Gasteiger partial charge in [0.15, 0.2) is 0 Å². The number of aromatic nitrogens is 3. The van der Waals surface area contributed by atoms with Gasteiger partial charge in [-0.25, -0.2) is 0 Å². The first-order chi connectivity index (χ1) is 12.1. The minimum Gasteiger partial charge on any atom is -0.467 e. The lowest BCUT2D eigenvalue weighted by Crippen LogP contribution is -2.48. The zero-order valence-electron chi connectivity index (χ0n) is 15.0. The highest BCUT2D eigenvalue weighted by Crippen LogP contribution is 2.08. The molecule has 25 heavy (non-hydrogen) atoms.